The molecule has 5 nitrogen and oxygen atoms in total. The Morgan fingerprint density at radius 1 is 1.00 bits per heavy atom. The van der Waals surface area contributed by atoms with Gasteiger partial charge in [0.05, 0.1) is 17.5 Å². The maximum Gasteiger partial charge on any atom is 0.255 e. The number of rotatable bonds is 5. The van der Waals surface area contributed by atoms with Crippen molar-refractivity contribution >= 4 is 17.3 Å². The number of carbonyl (C=O) groups is 1. The van der Waals surface area contributed by atoms with Gasteiger partial charge in [0.15, 0.2) is 0 Å². The maximum atomic E-state index is 12.4. The van der Waals surface area contributed by atoms with Crippen molar-refractivity contribution < 1.29 is 9.53 Å². The zero-order valence-electron chi connectivity index (χ0n) is 15.6. The molecule has 1 aliphatic carbocycles. The Balaban J connectivity index is 0.00000225. The van der Waals surface area contributed by atoms with Gasteiger partial charge in [-0.3, -0.25) is 4.79 Å². The van der Waals surface area contributed by atoms with Crippen LogP contribution in [0.15, 0.2) is 48.5 Å². The number of anilines is 2. The summed E-state index contributed by atoms with van der Waals surface area (Å²) in [6, 6.07) is 15.5. The van der Waals surface area contributed by atoms with E-state index < -0.39 is 0 Å². The predicted octanol–water partition coefficient (Wildman–Crippen LogP) is 4.55. The molecule has 1 saturated carbocycles. The van der Waals surface area contributed by atoms with Crippen LogP contribution in [-0.4, -0.2) is 36.0 Å². The number of ether oxygens (including phenoxy) is 1. The van der Waals surface area contributed by atoms with Gasteiger partial charge in [-0.05, 0) is 75.0 Å². The highest BCUT2D eigenvalue weighted by atomic mass is 16.5. The summed E-state index contributed by atoms with van der Waals surface area (Å²) in [5, 5.41) is 2.85. The zero-order valence-corrected chi connectivity index (χ0v) is 15.6. The molecule has 1 aliphatic heterocycles. The van der Waals surface area contributed by atoms with Crippen molar-refractivity contribution in [1.82, 2.24) is 4.90 Å². The maximum absolute atomic E-state index is 12.4. The van der Waals surface area contributed by atoms with E-state index in [0.717, 1.165) is 31.2 Å². The minimum atomic E-state index is -0.172. The van der Waals surface area contributed by atoms with E-state index >= 15 is 0 Å². The van der Waals surface area contributed by atoms with Crippen LogP contribution in [0.5, 0.6) is 5.75 Å². The molecule has 28 heavy (non-hydrogen) atoms. The number of para-hydroxylation sites is 2. The third kappa shape index (κ3) is 5.04. The molecule has 150 valence electrons. The van der Waals surface area contributed by atoms with Gasteiger partial charge < -0.3 is 20.7 Å². The van der Waals surface area contributed by atoms with Crippen molar-refractivity contribution in [2.45, 2.75) is 51.7 Å². The van der Waals surface area contributed by atoms with Crippen molar-refractivity contribution in [3.8, 4) is 5.75 Å². The van der Waals surface area contributed by atoms with Crippen LogP contribution < -0.4 is 15.8 Å². The Morgan fingerprint density at radius 2 is 1.75 bits per heavy atom. The molecule has 3 N–H and O–H groups in total. The second-order valence-electron chi connectivity index (χ2n) is 7.50. The fourth-order valence-corrected chi connectivity index (χ4v) is 3.69. The van der Waals surface area contributed by atoms with E-state index in [1.54, 1.807) is 24.3 Å². The largest absolute Gasteiger partial charge is 0.490 e. The summed E-state index contributed by atoms with van der Waals surface area (Å²) in [7, 11) is 0. The Labute approximate surface area is 167 Å². The van der Waals surface area contributed by atoms with Gasteiger partial charge in [-0.1, -0.05) is 19.6 Å². The molecule has 0 spiro atoms. The van der Waals surface area contributed by atoms with E-state index in [9.17, 15) is 4.79 Å². The minimum Gasteiger partial charge on any atom is -0.490 e. The number of nitrogen functional groups attached to an aromatic ring is 1. The van der Waals surface area contributed by atoms with Gasteiger partial charge in [0.1, 0.15) is 5.75 Å². The molecule has 0 bridgehead atoms. The van der Waals surface area contributed by atoms with E-state index in [2.05, 4.69) is 10.2 Å². The highest BCUT2D eigenvalue weighted by Crippen LogP contribution is 2.30. The van der Waals surface area contributed by atoms with E-state index in [4.69, 9.17) is 10.5 Å². The lowest BCUT2D eigenvalue weighted by Gasteiger charge is -2.20. The van der Waals surface area contributed by atoms with Crippen LogP contribution in [0.1, 0.15) is 49.9 Å². The molecular weight excluding hydrogens is 350 g/mol. The normalized spacial score (nSPS) is 19.9. The number of carbonyl (C=O) groups excluding carboxylic acids is 1. The lowest BCUT2D eigenvalue weighted by Crippen LogP contribution is -2.27. The average molecular weight is 382 g/mol. The van der Waals surface area contributed by atoms with Crippen molar-refractivity contribution in [3.63, 3.8) is 0 Å². The zero-order chi connectivity index (χ0) is 18.6. The molecule has 0 aromatic heterocycles. The smallest absolute Gasteiger partial charge is 0.255 e. The highest BCUT2D eigenvalue weighted by Gasteiger charge is 2.30. The summed E-state index contributed by atoms with van der Waals surface area (Å²) in [5.41, 5.74) is 7.65. The molecule has 0 radical (unpaired) electrons. The first kappa shape index (κ1) is 20.2. The predicted molar refractivity (Wildman–Crippen MR) is 115 cm³/mol. The summed E-state index contributed by atoms with van der Waals surface area (Å²) < 4.78 is 6.18. The molecule has 1 amide bonds. The van der Waals surface area contributed by atoms with Gasteiger partial charge in [0, 0.05) is 18.2 Å². The first-order valence-corrected chi connectivity index (χ1v) is 9.85. The second kappa shape index (κ2) is 9.11. The number of likely N-dealkylation sites (tertiary alicyclic amines) is 1. The second-order valence-corrected chi connectivity index (χ2v) is 7.50. The van der Waals surface area contributed by atoms with Crippen LogP contribution >= 0.6 is 0 Å². The number of nitrogens with zero attached hydrogens (tertiary/aromatic N) is 1. The van der Waals surface area contributed by atoms with Crippen LogP contribution in [0, 0.1) is 0 Å². The lowest BCUT2D eigenvalue weighted by atomic mass is 10.1. The Morgan fingerprint density at radius 3 is 2.46 bits per heavy atom. The number of nitrogens with one attached hydrogen (secondary N) is 1. The molecule has 4 rings (SSSR count). The van der Waals surface area contributed by atoms with Crippen LogP contribution in [0.4, 0.5) is 11.4 Å². The summed E-state index contributed by atoms with van der Waals surface area (Å²) in [4.78, 5) is 15.0. The number of benzene rings is 2. The van der Waals surface area contributed by atoms with E-state index in [-0.39, 0.29) is 19.4 Å². The average Bonchev–Trinajstić information content (AvgIpc) is 3.51. The molecule has 1 unspecified atom stereocenters. The number of amides is 1. The number of hydrogen-bond acceptors (Lipinski definition) is 4. The number of nitrogens with two attached hydrogens (primary N) is 1. The van der Waals surface area contributed by atoms with Gasteiger partial charge in [0.2, 0.25) is 0 Å². The van der Waals surface area contributed by atoms with Gasteiger partial charge in [-0.2, -0.15) is 0 Å². The summed E-state index contributed by atoms with van der Waals surface area (Å²) in [6.07, 6.45) is 6.36. The Hall–Kier alpha value is -2.53. The van der Waals surface area contributed by atoms with Crippen molar-refractivity contribution in [2.75, 3.05) is 24.1 Å². The highest BCUT2D eigenvalue weighted by molar-refractivity contribution is 6.05. The van der Waals surface area contributed by atoms with Crippen molar-refractivity contribution in [3.05, 3.63) is 54.1 Å². The lowest BCUT2D eigenvalue weighted by molar-refractivity contribution is 0.102. The molecule has 2 aromatic carbocycles. The summed E-state index contributed by atoms with van der Waals surface area (Å²) in [6.45, 7) is 2.33. The van der Waals surface area contributed by atoms with E-state index in [0.29, 0.717) is 16.9 Å². The topological polar surface area (TPSA) is 67.6 Å². The first-order valence-electron chi connectivity index (χ1n) is 9.85. The fraction of sp³-hybridized carbons (Fsp3) is 0.435. The van der Waals surface area contributed by atoms with Crippen LogP contribution in [0.25, 0.3) is 0 Å². The Bertz CT molecular complexity index is 787. The molecule has 1 atom stereocenters. The van der Waals surface area contributed by atoms with E-state index in [1.807, 2.05) is 24.3 Å². The minimum absolute atomic E-state index is 0. The molecule has 1 saturated heterocycles. The third-order valence-corrected chi connectivity index (χ3v) is 5.40. The monoisotopic (exact) mass is 381 g/mol. The fourth-order valence-electron chi connectivity index (χ4n) is 3.69. The molecule has 5 heteroatoms. The van der Waals surface area contributed by atoms with Gasteiger partial charge in [0.25, 0.3) is 5.91 Å². The van der Waals surface area contributed by atoms with Gasteiger partial charge >= 0.3 is 0 Å². The molecule has 1 heterocycles. The summed E-state index contributed by atoms with van der Waals surface area (Å²) in [5.74, 6) is 0.657. The first-order chi connectivity index (χ1) is 13.2. The van der Waals surface area contributed by atoms with Crippen LogP contribution in [0.2, 0.25) is 0 Å². The van der Waals surface area contributed by atoms with Crippen LogP contribution in [-0.2, 0) is 0 Å². The SMILES string of the molecule is C.Nc1ccccc1NC(=O)c1ccc(OC2CCCN(C3CC3)CC2)cc1. The quantitative estimate of drug-likeness (QED) is 0.746. The van der Waals surface area contributed by atoms with Crippen molar-refractivity contribution in [1.29, 1.82) is 0 Å². The molecule has 2 aliphatic rings. The third-order valence-electron chi connectivity index (χ3n) is 5.40. The van der Waals surface area contributed by atoms with Crippen molar-refractivity contribution in [2.24, 2.45) is 0 Å². The van der Waals surface area contributed by atoms with Crippen LogP contribution in [0.3, 0.4) is 0 Å². The molecule has 2 aromatic rings. The standard InChI is InChI=1S/C22H27N3O2.CH4/c23-20-5-1-2-6-21(20)24-22(26)16-7-11-19(12-8-16)27-18-4-3-14-25(15-13-18)17-9-10-17;/h1-2,5-8,11-12,17-18H,3-4,9-10,13-15,23H2,(H,24,26);1H4. The van der Waals surface area contributed by atoms with E-state index in [1.165, 1.54) is 25.8 Å². The molecular formula is C23H31N3O2. The van der Waals surface area contributed by atoms with Gasteiger partial charge in [-0.15, -0.1) is 0 Å². The Kier molecular flexibility index (Phi) is 6.57. The molecule has 2 fully saturated rings. The number of hydrogen-bond donors (Lipinski definition) is 2. The summed E-state index contributed by atoms with van der Waals surface area (Å²) >= 11 is 0. The van der Waals surface area contributed by atoms with Gasteiger partial charge in [-0.25, -0.2) is 0 Å².